The van der Waals surface area contributed by atoms with Gasteiger partial charge in [-0.2, -0.15) is 0 Å². The van der Waals surface area contributed by atoms with E-state index >= 15 is 0 Å². The first kappa shape index (κ1) is 23.0. The molecule has 8 rings (SSSR count). The van der Waals surface area contributed by atoms with Crippen molar-refractivity contribution in [3.63, 3.8) is 0 Å². The van der Waals surface area contributed by atoms with E-state index in [0.29, 0.717) is 5.82 Å². The van der Waals surface area contributed by atoms with E-state index in [9.17, 15) is 0 Å². The highest BCUT2D eigenvalue weighted by Gasteiger charge is 2.23. The van der Waals surface area contributed by atoms with Crippen molar-refractivity contribution in [2.45, 2.75) is 19.3 Å². The van der Waals surface area contributed by atoms with E-state index in [-0.39, 0.29) is 0 Å². The SMILES string of the molecule is C1=CC(c2cc(C3=CCCC(n4c5ccccc5c5c6c(ccc54)CCO6)=C3)nc(-c3ccncc3)n2)=CCN1. The number of rotatable bonds is 4. The Hall–Kier alpha value is -4.97. The lowest BCUT2D eigenvalue weighted by molar-refractivity contribution is 0.360. The molecule has 194 valence electrons. The second-order valence-corrected chi connectivity index (χ2v) is 10.3. The predicted octanol–water partition coefficient (Wildman–Crippen LogP) is 6.80. The van der Waals surface area contributed by atoms with Gasteiger partial charge in [0.2, 0.25) is 0 Å². The van der Waals surface area contributed by atoms with Crippen LogP contribution in [0.1, 0.15) is 29.8 Å². The second kappa shape index (κ2) is 9.35. The number of pyridine rings is 1. The van der Waals surface area contributed by atoms with Gasteiger partial charge in [0, 0.05) is 42.0 Å². The zero-order valence-corrected chi connectivity index (χ0v) is 22.0. The van der Waals surface area contributed by atoms with Gasteiger partial charge in [-0.3, -0.25) is 4.98 Å². The van der Waals surface area contributed by atoms with Crippen LogP contribution in [0.3, 0.4) is 0 Å². The topological polar surface area (TPSA) is 64.9 Å². The average Bonchev–Trinajstić information content (AvgIpc) is 3.64. The maximum Gasteiger partial charge on any atom is 0.160 e. The van der Waals surface area contributed by atoms with Crippen LogP contribution in [-0.2, 0) is 6.42 Å². The Balaban J connectivity index is 1.30. The van der Waals surface area contributed by atoms with Crippen molar-refractivity contribution in [1.82, 2.24) is 24.8 Å². The van der Waals surface area contributed by atoms with Crippen molar-refractivity contribution in [2.75, 3.05) is 13.2 Å². The minimum absolute atomic E-state index is 0.703. The van der Waals surface area contributed by atoms with Crippen molar-refractivity contribution in [3.8, 4) is 17.1 Å². The summed E-state index contributed by atoms with van der Waals surface area (Å²) in [7, 11) is 0. The number of fused-ring (bicyclic) bond motifs is 5. The van der Waals surface area contributed by atoms with E-state index in [0.717, 1.165) is 66.3 Å². The fourth-order valence-electron chi connectivity index (χ4n) is 6.06. The minimum Gasteiger partial charge on any atom is -0.492 e. The Labute approximate surface area is 232 Å². The van der Waals surface area contributed by atoms with Crippen LogP contribution in [0.2, 0.25) is 0 Å². The fourth-order valence-corrected chi connectivity index (χ4v) is 6.06. The molecule has 2 aliphatic heterocycles. The molecule has 0 amide bonds. The predicted molar refractivity (Wildman–Crippen MR) is 161 cm³/mol. The van der Waals surface area contributed by atoms with Gasteiger partial charge in [0.15, 0.2) is 5.82 Å². The standard InChI is InChI=1S/C34H27N5O/c1-2-7-30-27(6-1)32-31(9-8-23-14-19-40-33(23)32)39(30)26-5-3-4-25(20-26)29-21-28(22-10-15-35-16-11-22)37-34(38-29)24-12-17-36-18-13-24/h1-2,4,6-13,15,17-18,20-21,35H,3,5,14,16,19H2. The molecule has 0 radical (unpaired) electrons. The molecule has 0 unspecified atom stereocenters. The van der Waals surface area contributed by atoms with Gasteiger partial charge in [0.1, 0.15) is 5.75 Å². The zero-order valence-electron chi connectivity index (χ0n) is 22.0. The summed E-state index contributed by atoms with van der Waals surface area (Å²) in [5.74, 6) is 1.75. The van der Waals surface area contributed by atoms with Gasteiger partial charge in [-0.05, 0) is 78.2 Å². The lowest BCUT2D eigenvalue weighted by Crippen LogP contribution is -2.09. The van der Waals surface area contributed by atoms with E-state index in [2.05, 4.69) is 81.6 Å². The quantitative estimate of drug-likeness (QED) is 0.282. The third kappa shape index (κ3) is 3.75. The molecule has 0 spiro atoms. The summed E-state index contributed by atoms with van der Waals surface area (Å²) in [5, 5.41) is 5.69. The second-order valence-electron chi connectivity index (χ2n) is 10.3. The van der Waals surface area contributed by atoms with E-state index in [1.54, 1.807) is 12.4 Å². The Morgan fingerprint density at radius 1 is 0.850 bits per heavy atom. The number of benzene rings is 2. The number of aromatic nitrogens is 4. The molecule has 6 nitrogen and oxygen atoms in total. The van der Waals surface area contributed by atoms with Crippen LogP contribution in [-0.4, -0.2) is 32.7 Å². The number of para-hydroxylation sites is 1. The normalized spacial score (nSPS) is 16.2. The Bertz CT molecular complexity index is 1930. The number of hydrogen-bond donors (Lipinski definition) is 1. The van der Waals surface area contributed by atoms with Gasteiger partial charge in [0.25, 0.3) is 0 Å². The molecule has 1 aliphatic carbocycles. The molecule has 5 aromatic rings. The summed E-state index contributed by atoms with van der Waals surface area (Å²) in [6.07, 6.45) is 17.2. The lowest BCUT2D eigenvalue weighted by atomic mass is 9.99. The van der Waals surface area contributed by atoms with E-state index < -0.39 is 0 Å². The molecule has 3 aromatic heterocycles. The van der Waals surface area contributed by atoms with Crippen LogP contribution in [0.25, 0.3) is 50.0 Å². The van der Waals surface area contributed by atoms with Crippen LogP contribution in [0.4, 0.5) is 0 Å². The fraction of sp³-hybridized carbons (Fsp3) is 0.147. The molecule has 5 heterocycles. The van der Waals surface area contributed by atoms with Crippen LogP contribution in [0, 0.1) is 0 Å². The van der Waals surface area contributed by atoms with E-state index in [1.807, 2.05) is 18.3 Å². The summed E-state index contributed by atoms with van der Waals surface area (Å²) in [6, 6.07) is 19.2. The van der Waals surface area contributed by atoms with Gasteiger partial charge < -0.3 is 14.6 Å². The summed E-state index contributed by atoms with van der Waals surface area (Å²) in [4.78, 5) is 14.2. The Morgan fingerprint density at radius 2 is 1.73 bits per heavy atom. The summed E-state index contributed by atoms with van der Waals surface area (Å²) >= 11 is 0. The van der Waals surface area contributed by atoms with Crippen LogP contribution in [0.15, 0.2) is 97.5 Å². The molecule has 0 atom stereocenters. The summed E-state index contributed by atoms with van der Waals surface area (Å²) in [6.45, 7) is 1.53. The number of nitrogens with one attached hydrogen (secondary N) is 1. The van der Waals surface area contributed by atoms with Crippen LogP contribution in [0.5, 0.6) is 5.75 Å². The average molecular weight is 522 g/mol. The maximum absolute atomic E-state index is 6.16. The first-order chi connectivity index (χ1) is 19.8. The van der Waals surface area contributed by atoms with Crippen molar-refractivity contribution in [1.29, 1.82) is 0 Å². The van der Waals surface area contributed by atoms with Gasteiger partial charge in [0.05, 0.1) is 34.4 Å². The number of dihydropyridines is 1. The molecule has 40 heavy (non-hydrogen) atoms. The molecule has 6 heteroatoms. The van der Waals surface area contributed by atoms with Gasteiger partial charge in [-0.15, -0.1) is 0 Å². The van der Waals surface area contributed by atoms with Crippen molar-refractivity contribution in [2.24, 2.45) is 0 Å². The van der Waals surface area contributed by atoms with Gasteiger partial charge in [-0.1, -0.05) is 36.4 Å². The highest BCUT2D eigenvalue weighted by atomic mass is 16.5. The molecule has 0 saturated heterocycles. The lowest BCUT2D eigenvalue weighted by Gasteiger charge is -2.18. The Morgan fingerprint density at radius 3 is 2.60 bits per heavy atom. The summed E-state index contributed by atoms with van der Waals surface area (Å²) in [5.41, 5.74) is 9.96. The van der Waals surface area contributed by atoms with E-state index in [1.165, 1.54) is 33.1 Å². The first-order valence-corrected chi connectivity index (χ1v) is 13.8. The molecule has 3 aliphatic rings. The van der Waals surface area contributed by atoms with Crippen molar-refractivity contribution in [3.05, 3.63) is 114 Å². The number of allylic oxidation sites excluding steroid dienone is 6. The monoisotopic (exact) mass is 521 g/mol. The smallest absolute Gasteiger partial charge is 0.160 e. The molecular weight excluding hydrogens is 494 g/mol. The molecule has 0 bridgehead atoms. The molecule has 2 aromatic carbocycles. The molecule has 1 N–H and O–H groups in total. The zero-order chi connectivity index (χ0) is 26.5. The molecule has 0 fully saturated rings. The largest absolute Gasteiger partial charge is 0.492 e. The number of hydrogen-bond acceptors (Lipinski definition) is 5. The molecular formula is C34H27N5O. The maximum atomic E-state index is 6.16. The van der Waals surface area contributed by atoms with Crippen molar-refractivity contribution >= 4 is 38.6 Å². The van der Waals surface area contributed by atoms with Crippen LogP contribution < -0.4 is 10.1 Å². The molecule has 0 saturated carbocycles. The third-order valence-corrected chi connectivity index (χ3v) is 7.94. The minimum atomic E-state index is 0.703. The number of ether oxygens (including phenoxy) is 1. The summed E-state index contributed by atoms with van der Waals surface area (Å²) < 4.78 is 8.58. The first-order valence-electron chi connectivity index (χ1n) is 13.8. The van der Waals surface area contributed by atoms with Crippen LogP contribution >= 0.6 is 0 Å². The van der Waals surface area contributed by atoms with Crippen molar-refractivity contribution < 1.29 is 4.74 Å². The third-order valence-electron chi connectivity index (χ3n) is 7.94. The highest BCUT2D eigenvalue weighted by Crippen LogP contribution is 2.43. The van der Waals surface area contributed by atoms with Gasteiger partial charge in [-0.25, -0.2) is 9.97 Å². The van der Waals surface area contributed by atoms with Gasteiger partial charge >= 0.3 is 0 Å². The number of nitrogens with zero attached hydrogens (tertiary/aromatic N) is 4. The highest BCUT2D eigenvalue weighted by molar-refractivity contribution is 6.13. The van der Waals surface area contributed by atoms with E-state index in [4.69, 9.17) is 14.7 Å². The Kier molecular flexibility index (Phi) is 5.37.